The monoisotopic (exact) mass is 799 g/mol. The van der Waals surface area contributed by atoms with Crippen molar-refractivity contribution in [1.82, 2.24) is 15.5 Å². The Kier molecular flexibility index (Phi) is 15.9. The van der Waals surface area contributed by atoms with Gasteiger partial charge in [-0.25, -0.2) is 9.59 Å². The van der Waals surface area contributed by atoms with E-state index < -0.39 is 104 Å². The van der Waals surface area contributed by atoms with Crippen molar-refractivity contribution in [3.8, 4) is 5.75 Å². The maximum atomic E-state index is 13.8. The number of alkyl carbamates (subject to hydrolysis) is 1. The highest BCUT2D eigenvalue weighted by Crippen LogP contribution is 2.29. The van der Waals surface area contributed by atoms with Crippen LogP contribution in [-0.4, -0.2) is 120 Å². The molecule has 57 heavy (non-hydrogen) atoms. The van der Waals surface area contributed by atoms with E-state index in [0.29, 0.717) is 12.0 Å². The summed E-state index contributed by atoms with van der Waals surface area (Å²) in [5.41, 5.74) is 1.27. The van der Waals surface area contributed by atoms with E-state index in [1.165, 1.54) is 12.1 Å². The standard InChI is InChI=1S/C38H45N3O16/c1-21(42)39-32-34(55-24(4)45)33(54-23(3)44)30(20-51-22(2)43)57-37(32)52-19-28(35(47)41-16-8-11-29(41)36(48)49)40-38(50)53-18-26-12-14-27(15-13-26)56-31(46)17-25-9-6-5-7-10-25/h5-7,9-10,12-15,28-30,32-34,37H,8,11,16-20H2,1-4H3,(H,39,42)(H,40,50)(H,48,49)/t28-,29-,30+,32+,33+,34+,37+/m0/s1. The Balaban J connectivity index is 1.50. The van der Waals surface area contributed by atoms with E-state index >= 15 is 0 Å². The van der Waals surface area contributed by atoms with Crippen LogP contribution in [0.5, 0.6) is 5.75 Å². The lowest BCUT2D eigenvalue weighted by atomic mass is 9.96. The molecule has 0 unspecified atom stereocenters. The van der Waals surface area contributed by atoms with Gasteiger partial charge in [0.05, 0.1) is 13.0 Å². The van der Waals surface area contributed by atoms with E-state index in [1.807, 2.05) is 18.2 Å². The number of likely N-dealkylation sites (tertiary alicyclic amines) is 1. The fraction of sp³-hybridized carbons (Fsp3) is 0.474. The Morgan fingerprint density at radius 3 is 2.12 bits per heavy atom. The van der Waals surface area contributed by atoms with Crippen LogP contribution in [0.1, 0.15) is 51.7 Å². The molecule has 0 saturated carbocycles. The number of amides is 3. The van der Waals surface area contributed by atoms with E-state index in [0.717, 1.165) is 38.2 Å². The normalized spacial score (nSPS) is 21.9. The van der Waals surface area contributed by atoms with Crippen molar-refractivity contribution < 1.29 is 76.6 Å². The lowest BCUT2D eigenvalue weighted by molar-refractivity contribution is -0.278. The van der Waals surface area contributed by atoms with Gasteiger partial charge in [0, 0.05) is 34.2 Å². The zero-order valence-corrected chi connectivity index (χ0v) is 31.7. The summed E-state index contributed by atoms with van der Waals surface area (Å²) in [6.07, 6.45) is -6.28. The molecule has 2 aliphatic rings. The average Bonchev–Trinajstić information content (AvgIpc) is 3.65. The Morgan fingerprint density at radius 2 is 1.51 bits per heavy atom. The topological polar surface area (TPSA) is 249 Å². The van der Waals surface area contributed by atoms with Crippen molar-refractivity contribution in [2.24, 2.45) is 0 Å². The van der Waals surface area contributed by atoms with Gasteiger partial charge < -0.3 is 53.8 Å². The maximum Gasteiger partial charge on any atom is 0.408 e. The second-order valence-electron chi connectivity index (χ2n) is 13.1. The van der Waals surface area contributed by atoms with E-state index in [2.05, 4.69) is 10.6 Å². The third-order valence-electron chi connectivity index (χ3n) is 8.63. The van der Waals surface area contributed by atoms with Gasteiger partial charge in [0.2, 0.25) is 11.8 Å². The number of carboxylic acids is 1. The fourth-order valence-electron chi connectivity index (χ4n) is 6.20. The lowest BCUT2D eigenvalue weighted by Crippen LogP contribution is -2.67. The summed E-state index contributed by atoms with van der Waals surface area (Å²) in [5, 5.41) is 14.7. The Bertz CT molecular complexity index is 1770. The first kappa shape index (κ1) is 43.6. The summed E-state index contributed by atoms with van der Waals surface area (Å²) in [6.45, 7) is 2.95. The summed E-state index contributed by atoms with van der Waals surface area (Å²) in [5.74, 6) is -5.34. The highest BCUT2D eigenvalue weighted by molar-refractivity contribution is 5.90. The van der Waals surface area contributed by atoms with E-state index in [1.54, 1.807) is 24.3 Å². The molecule has 2 saturated heterocycles. The molecule has 2 heterocycles. The van der Waals surface area contributed by atoms with Crippen molar-refractivity contribution in [2.45, 2.75) is 96.3 Å². The molecule has 2 fully saturated rings. The number of aliphatic carboxylic acids is 1. The molecule has 308 valence electrons. The predicted molar refractivity (Wildman–Crippen MR) is 192 cm³/mol. The molecule has 2 aromatic rings. The molecule has 2 aliphatic heterocycles. The first-order chi connectivity index (χ1) is 27.1. The minimum atomic E-state index is -1.59. The number of hydrogen-bond donors (Lipinski definition) is 3. The van der Waals surface area contributed by atoms with E-state index in [9.17, 15) is 43.5 Å². The van der Waals surface area contributed by atoms with Crippen LogP contribution in [0.15, 0.2) is 54.6 Å². The highest BCUT2D eigenvalue weighted by Gasteiger charge is 2.52. The molecule has 7 atom stereocenters. The number of nitrogens with zero attached hydrogens (tertiary/aromatic N) is 1. The van der Waals surface area contributed by atoms with Crippen LogP contribution in [0.4, 0.5) is 4.79 Å². The SMILES string of the molecule is CC(=O)N[C@H]1[C@H](OC[C@H](NC(=O)OCc2ccc(OC(=O)Cc3ccccc3)cc2)C(=O)N2CCC[C@H]2C(=O)O)O[C@H](COC(C)=O)[C@@H](OC(C)=O)[C@@H]1OC(C)=O. The smallest absolute Gasteiger partial charge is 0.408 e. The molecule has 0 aliphatic carbocycles. The van der Waals surface area contributed by atoms with Crippen LogP contribution in [0, 0.1) is 0 Å². The van der Waals surface area contributed by atoms with Gasteiger partial charge in [0.25, 0.3) is 0 Å². The van der Waals surface area contributed by atoms with Crippen LogP contribution in [-0.2, 0) is 75.0 Å². The lowest BCUT2D eigenvalue weighted by Gasteiger charge is -2.45. The van der Waals surface area contributed by atoms with Gasteiger partial charge in [-0.3, -0.25) is 28.8 Å². The van der Waals surface area contributed by atoms with Gasteiger partial charge in [-0.15, -0.1) is 0 Å². The van der Waals surface area contributed by atoms with Crippen LogP contribution in [0.2, 0.25) is 0 Å². The molecule has 2 aromatic carbocycles. The van der Waals surface area contributed by atoms with Crippen molar-refractivity contribution in [3.63, 3.8) is 0 Å². The molecular formula is C38H45N3O16. The Morgan fingerprint density at radius 1 is 0.842 bits per heavy atom. The number of carbonyl (C=O) groups excluding carboxylic acids is 7. The number of carbonyl (C=O) groups is 8. The molecule has 3 amide bonds. The average molecular weight is 800 g/mol. The van der Waals surface area contributed by atoms with Gasteiger partial charge in [0.1, 0.15) is 43.2 Å². The van der Waals surface area contributed by atoms with Gasteiger partial charge in [-0.05, 0) is 36.1 Å². The highest BCUT2D eigenvalue weighted by atomic mass is 16.7. The van der Waals surface area contributed by atoms with E-state index in [4.69, 9.17) is 33.2 Å². The van der Waals surface area contributed by atoms with Crippen molar-refractivity contribution in [2.75, 3.05) is 19.8 Å². The molecule has 0 spiro atoms. The molecule has 0 aromatic heterocycles. The fourth-order valence-corrected chi connectivity index (χ4v) is 6.20. The largest absolute Gasteiger partial charge is 0.480 e. The summed E-state index contributed by atoms with van der Waals surface area (Å²) < 4.78 is 38.6. The van der Waals surface area contributed by atoms with Crippen molar-refractivity contribution in [3.05, 3.63) is 65.7 Å². The molecule has 3 N–H and O–H groups in total. The quantitative estimate of drug-likeness (QED) is 0.123. The number of rotatable bonds is 16. The van der Waals surface area contributed by atoms with Crippen LogP contribution < -0.4 is 15.4 Å². The van der Waals surface area contributed by atoms with Gasteiger partial charge in [-0.1, -0.05) is 42.5 Å². The minimum Gasteiger partial charge on any atom is -0.480 e. The predicted octanol–water partition coefficient (Wildman–Crippen LogP) is 1.18. The summed E-state index contributed by atoms with van der Waals surface area (Å²) >= 11 is 0. The first-order valence-corrected chi connectivity index (χ1v) is 17.9. The van der Waals surface area contributed by atoms with Gasteiger partial charge >= 0.3 is 35.9 Å². The first-order valence-electron chi connectivity index (χ1n) is 17.9. The van der Waals surface area contributed by atoms with E-state index in [-0.39, 0.29) is 31.7 Å². The van der Waals surface area contributed by atoms with Gasteiger partial charge in [-0.2, -0.15) is 0 Å². The minimum absolute atomic E-state index is 0.0583. The molecule has 0 bridgehead atoms. The Hall–Kier alpha value is -6.08. The van der Waals surface area contributed by atoms with Crippen LogP contribution in [0.3, 0.4) is 0 Å². The second-order valence-corrected chi connectivity index (χ2v) is 13.1. The number of ether oxygens (including phenoxy) is 7. The molecular weight excluding hydrogens is 754 g/mol. The third-order valence-corrected chi connectivity index (χ3v) is 8.63. The zero-order chi connectivity index (χ0) is 41.6. The number of nitrogens with one attached hydrogen (secondary N) is 2. The number of carboxylic acid groups (broad SMARTS) is 1. The number of hydrogen-bond acceptors (Lipinski definition) is 15. The number of benzene rings is 2. The molecule has 0 radical (unpaired) electrons. The zero-order valence-electron chi connectivity index (χ0n) is 31.7. The third kappa shape index (κ3) is 13.3. The second kappa shape index (κ2) is 20.7. The van der Waals surface area contributed by atoms with Crippen LogP contribution >= 0.6 is 0 Å². The van der Waals surface area contributed by atoms with Gasteiger partial charge in [0.15, 0.2) is 18.5 Å². The molecule has 4 rings (SSSR count). The number of esters is 4. The summed E-state index contributed by atoms with van der Waals surface area (Å²) in [7, 11) is 0. The Labute approximate surface area is 327 Å². The molecule has 19 nitrogen and oxygen atoms in total. The molecule has 19 heteroatoms. The summed E-state index contributed by atoms with van der Waals surface area (Å²) in [6, 6.07) is 11.0. The van der Waals surface area contributed by atoms with Crippen molar-refractivity contribution >= 4 is 47.8 Å². The maximum absolute atomic E-state index is 13.8. The van der Waals surface area contributed by atoms with Crippen LogP contribution in [0.25, 0.3) is 0 Å². The summed E-state index contributed by atoms with van der Waals surface area (Å²) in [4.78, 5) is 101. The van der Waals surface area contributed by atoms with Crippen molar-refractivity contribution in [1.29, 1.82) is 0 Å².